The fourth-order valence-corrected chi connectivity index (χ4v) is 4.40. The highest BCUT2D eigenvalue weighted by molar-refractivity contribution is 5.65. The van der Waals surface area contributed by atoms with Crippen LogP contribution in [0.2, 0.25) is 0 Å². The summed E-state index contributed by atoms with van der Waals surface area (Å²) < 4.78 is 29.3. The summed E-state index contributed by atoms with van der Waals surface area (Å²) in [6.45, 7) is 5.93. The molecule has 0 bridgehead atoms. The van der Waals surface area contributed by atoms with Gasteiger partial charge in [0.05, 0.1) is 0 Å². The van der Waals surface area contributed by atoms with Gasteiger partial charge in [-0.1, -0.05) is 50.1 Å². The van der Waals surface area contributed by atoms with E-state index in [4.69, 9.17) is 0 Å². The molecule has 1 saturated carbocycles. The highest BCUT2D eigenvalue weighted by Crippen LogP contribution is 2.38. The summed E-state index contributed by atoms with van der Waals surface area (Å²) >= 11 is 0. The van der Waals surface area contributed by atoms with E-state index in [0.29, 0.717) is 17.0 Å². The van der Waals surface area contributed by atoms with Crippen molar-refractivity contribution in [3.8, 4) is 11.1 Å². The summed E-state index contributed by atoms with van der Waals surface area (Å²) in [6, 6.07) is 10.5. The minimum absolute atomic E-state index is 0.319. The standard InChI is InChI=1S/C25H30F2/c1-3-5-7-19-10-14-22(24(26)16-19)23-15-13-21(17-25(23)27)20-11-8-18(6-4-2)9-12-20/h3,10,13-18,20H,1,4-9,11-12H2,2H3. The molecule has 1 aliphatic carbocycles. The van der Waals surface area contributed by atoms with E-state index in [2.05, 4.69) is 13.5 Å². The third-order valence-electron chi connectivity index (χ3n) is 5.97. The lowest BCUT2D eigenvalue weighted by Gasteiger charge is -2.28. The van der Waals surface area contributed by atoms with Crippen molar-refractivity contribution >= 4 is 0 Å². The fourth-order valence-electron chi connectivity index (χ4n) is 4.40. The van der Waals surface area contributed by atoms with Crippen molar-refractivity contribution < 1.29 is 8.78 Å². The molecule has 3 rings (SSSR count). The largest absolute Gasteiger partial charge is 0.206 e. The van der Waals surface area contributed by atoms with Gasteiger partial charge in [-0.15, -0.1) is 6.58 Å². The van der Waals surface area contributed by atoms with Gasteiger partial charge >= 0.3 is 0 Å². The molecule has 1 aliphatic rings. The van der Waals surface area contributed by atoms with Crippen LogP contribution in [-0.4, -0.2) is 0 Å². The molecule has 0 saturated heterocycles. The van der Waals surface area contributed by atoms with Crippen LogP contribution in [0.4, 0.5) is 8.78 Å². The van der Waals surface area contributed by atoms with Crippen LogP contribution in [0.15, 0.2) is 49.1 Å². The average Bonchev–Trinajstić information content (AvgIpc) is 2.68. The summed E-state index contributed by atoms with van der Waals surface area (Å²) in [4.78, 5) is 0. The number of aryl methyl sites for hydroxylation is 1. The predicted octanol–water partition coefficient (Wildman–Crippen LogP) is 7.82. The first-order chi connectivity index (χ1) is 13.1. The maximum absolute atomic E-state index is 14.8. The number of halogens is 2. The summed E-state index contributed by atoms with van der Waals surface area (Å²) in [5, 5.41) is 0. The van der Waals surface area contributed by atoms with Gasteiger partial charge in [0.1, 0.15) is 11.6 Å². The van der Waals surface area contributed by atoms with Crippen LogP contribution in [0.1, 0.15) is 68.9 Å². The van der Waals surface area contributed by atoms with Crippen LogP contribution in [0.5, 0.6) is 0 Å². The Balaban J connectivity index is 1.74. The van der Waals surface area contributed by atoms with Crippen molar-refractivity contribution in [1.29, 1.82) is 0 Å². The zero-order chi connectivity index (χ0) is 19.2. The second-order valence-electron chi connectivity index (χ2n) is 7.89. The Morgan fingerprint density at radius 3 is 2.22 bits per heavy atom. The molecule has 0 N–H and O–H groups in total. The van der Waals surface area contributed by atoms with Crippen molar-refractivity contribution in [3.05, 3.63) is 71.8 Å². The maximum Gasteiger partial charge on any atom is 0.131 e. The normalized spacial score (nSPS) is 19.8. The van der Waals surface area contributed by atoms with Crippen molar-refractivity contribution in [3.63, 3.8) is 0 Å². The lowest BCUT2D eigenvalue weighted by molar-refractivity contribution is 0.308. The van der Waals surface area contributed by atoms with Crippen molar-refractivity contribution in [2.75, 3.05) is 0 Å². The number of allylic oxidation sites excluding steroid dienone is 1. The molecule has 0 atom stereocenters. The molecule has 0 nitrogen and oxygen atoms in total. The molecule has 2 heteroatoms. The summed E-state index contributed by atoms with van der Waals surface area (Å²) in [6.07, 6.45) is 10.7. The van der Waals surface area contributed by atoms with Gasteiger partial charge in [-0.25, -0.2) is 8.78 Å². The Hall–Kier alpha value is -1.96. The monoisotopic (exact) mass is 368 g/mol. The summed E-state index contributed by atoms with van der Waals surface area (Å²) in [7, 11) is 0. The zero-order valence-corrected chi connectivity index (χ0v) is 16.3. The molecule has 0 radical (unpaired) electrons. The van der Waals surface area contributed by atoms with Gasteiger partial charge in [-0.3, -0.25) is 0 Å². The zero-order valence-electron chi connectivity index (χ0n) is 16.3. The molecular formula is C25H30F2. The maximum atomic E-state index is 14.8. The molecule has 0 heterocycles. The smallest absolute Gasteiger partial charge is 0.131 e. The molecule has 0 aromatic heterocycles. The molecule has 0 spiro atoms. The van der Waals surface area contributed by atoms with Crippen LogP contribution in [0.25, 0.3) is 11.1 Å². The molecule has 144 valence electrons. The van der Waals surface area contributed by atoms with E-state index in [1.54, 1.807) is 18.2 Å². The average molecular weight is 369 g/mol. The van der Waals surface area contributed by atoms with Crippen LogP contribution in [0, 0.1) is 17.6 Å². The number of hydrogen-bond acceptors (Lipinski definition) is 0. The second kappa shape index (κ2) is 9.30. The first-order valence-corrected chi connectivity index (χ1v) is 10.3. The Bertz CT molecular complexity index is 770. The molecule has 2 aromatic carbocycles. The molecule has 1 fully saturated rings. The molecule has 0 amide bonds. The van der Waals surface area contributed by atoms with E-state index in [9.17, 15) is 8.78 Å². The third-order valence-corrected chi connectivity index (χ3v) is 5.97. The third kappa shape index (κ3) is 4.86. The first kappa shape index (κ1) is 19.8. The molecule has 0 unspecified atom stereocenters. The van der Waals surface area contributed by atoms with Crippen LogP contribution < -0.4 is 0 Å². The van der Waals surface area contributed by atoms with Crippen LogP contribution in [-0.2, 0) is 6.42 Å². The van der Waals surface area contributed by atoms with Gasteiger partial charge in [-0.05, 0) is 73.6 Å². The summed E-state index contributed by atoms with van der Waals surface area (Å²) in [5.74, 6) is 0.598. The van der Waals surface area contributed by atoms with E-state index < -0.39 is 0 Å². The van der Waals surface area contributed by atoms with Crippen LogP contribution in [0.3, 0.4) is 0 Å². The highest BCUT2D eigenvalue weighted by atomic mass is 19.1. The topological polar surface area (TPSA) is 0 Å². The van der Waals surface area contributed by atoms with E-state index in [-0.39, 0.29) is 11.6 Å². The lowest BCUT2D eigenvalue weighted by Crippen LogP contribution is -2.13. The van der Waals surface area contributed by atoms with E-state index >= 15 is 0 Å². The minimum Gasteiger partial charge on any atom is -0.206 e. The van der Waals surface area contributed by atoms with E-state index in [1.807, 2.05) is 18.2 Å². The highest BCUT2D eigenvalue weighted by Gasteiger charge is 2.23. The van der Waals surface area contributed by atoms with Gasteiger partial charge < -0.3 is 0 Å². The van der Waals surface area contributed by atoms with Gasteiger partial charge in [0.25, 0.3) is 0 Å². The fraction of sp³-hybridized carbons (Fsp3) is 0.440. The van der Waals surface area contributed by atoms with Gasteiger partial charge in [0, 0.05) is 11.1 Å². The Morgan fingerprint density at radius 2 is 1.63 bits per heavy atom. The van der Waals surface area contributed by atoms with Crippen molar-refractivity contribution in [2.24, 2.45) is 5.92 Å². The summed E-state index contributed by atoms with van der Waals surface area (Å²) in [5.41, 5.74) is 2.67. The number of rotatable bonds is 7. The van der Waals surface area contributed by atoms with E-state index in [1.165, 1.54) is 31.7 Å². The SMILES string of the molecule is C=CCCc1ccc(-c2ccc(C3CCC(CCC)CC3)cc2F)c(F)c1. The minimum atomic E-state index is -0.358. The van der Waals surface area contributed by atoms with Gasteiger partial charge in [-0.2, -0.15) is 0 Å². The molecule has 0 aliphatic heterocycles. The number of benzene rings is 2. The van der Waals surface area contributed by atoms with Gasteiger partial charge in [0.2, 0.25) is 0 Å². The molecule has 27 heavy (non-hydrogen) atoms. The van der Waals surface area contributed by atoms with Gasteiger partial charge in [0.15, 0.2) is 0 Å². The van der Waals surface area contributed by atoms with Crippen molar-refractivity contribution in [2.45, 2.75) is 64.2 Å². The second-order valence-corrected chi connectivity index (χ2v) is 7.89. The van der Waals surface area contributed by atoms with E-state index in [0.717, 1.165) is 42.7 Å². The molecular weight excluding hydrogens is 338 g/mol. The quantitative estimate of drug-likeness (QED) is 0.437. The first-order valence-electron chi connectivity index (χ1n) is 10.3. The Kier molecular flexibility index (Phi) is 6.82. The Morgan fingerprint density at radius 1 is 0.963 bits per heavy atom. The number of hydrogen-bond donors (Lipinski definition) is 0. The lowest BCUT2D eigenvalue weighted by atomic mass is 9.77. The van der Waals surface area contributed by atoms with Crippen LogP contribution >= 0.6 is 0 Å². The Labute approximate surface area is 162 Å². The van der Waals surface area contributed by atoms with Crippen molar-refractivity contribution in [1.82, 2.24) is 0 Å². The molecule has 2 aromatic rings. The predicted molar refractivity (Wildman–Crippen MR) is 110 cm³/mol.